The SMILES string of the molecule is O=Cc1cccc2c1CCC=C2. The van der Waals surface area contributed by atoms with Crippen LogP contribution in [0.2, 0.25) is 0 Å². The second-order valence-electron chi connectivity index (χ2n) is 2.97. The zero-order valence-corrected chi connectivity index (χ0v) is 6.79. The summed E-state index contributed by atoms with van der Waals surface area (Å²) in [5, 5.41) is 0. The summed E-state index contributed by atoms with van der Waals surface area (Å²) in [6.07, 6.45) is 7.24. The van der Waals surface area contributed by atoms with Gasteiger partial charge in [0.2, 0.25) is 0 Å². The molecule has 0 radical (unpaired) electrons. The Morgan fingerprint density at radius 1 is 1.33 bits per heavy atom. The van der Waals surface area contributed by atoms with Gasteiger partial charge in [-0.1, -0.05) is 30.4 Å². The fourth-order valence-corrected chi connectivity index (χ4v) is 1.62. The van der Waals surface area contributed by atoms with Crippen LogP contribution in [0.5, 0.6) is 0 Å². The van der Waals surface area contributed by atoms with Gasteiger partial charge in [0.1, 0.15) is 6.29 Å². The fourth-order valence-electron chi connectivity index (χ4n) is 1.62. The highest BCUT2D eigenvalue weighted by atomic mass is 16.1. The van der Waals surface area contributed by atoms with Gasteiger partial charge >= 0.3 is 0 Å². The van der Waals surface area contributed by atoms with Gasteiger partial charge in [0.25, 0.3) is 0 Å². The Balaban J connectivity index is 2.60. The Morgan fingerprint density at radius 3 is 3.08 bits per heavy atom. The van der Waals surface area contributed by atoms with E-state index >= 15 is 0 Å². The molecule has 0 amide bonds. The molecule has 2 rings (SSSR count). The van der Waals surface area contributed by atoms with E-state index in [0.717, 1.165) is 24.7 Å². The minimum absolute atomic E-state index is 0.844. The van der Waals surface area contributed by atoms with E-state index in [-0.39, 0.29) is 0 Å². The summed E-state index contributed by atoms with van der Waals surface area (Å²) >= 11 is 0. The van der Waals surface area contributed by atoms with Gasteiger partial charge in [0.15, 0.2) is 0 Å². The molecular weight excluding hydrogens is 148 g/mol. The lowest BCUT2D eigenvalue weighted by Gasteiger charge is -2.11. The van der Waals surface area contributed by atoms with Crippen molar-refractivity contribution in [3.8, 4) is 0 Å². The molecule has 0 N–H and O–H groups in total. The van der Waals surface area contributed by atoms with E-state index in [1.807, 2.05) is 12.1 Å². The summed E-state index contributed by atoms with van der Waals surface area (Å²) in [5.74, 6) is 0. The summed E-state index contributed by atoms with van der Waals surface area (Å²) in [4.78, 5) is 10.7. The van der Waals surface area contributed by atoms with Gasteiger partial charge in [0.05, 0.1) is 0 Å². The van der Waals surface area contributed by atoms with Crippen LogP contribution in [0.3, 0.4) is 0 Å². The Morgan fingerprint density at radius 2 is 2.25 bits per heavy atom. The molecule has 0 atom stereocenters. The third-order valence-electron chi connectivity index (χ3n) is 2.23. The first-order valence-corrected chi connectivity index (χ1v) is 4.15. The molecule has 0 heterocycles. The molecule has 1 aromatic rings. The van der Waals surface area contributed by atoms with Crippen molar-refractivity contribution < 1.29 is 4.79 Å². The zero-order valence-electron chi connectivity index (χ0n) is 6.79. The Bertz CT molecular complexity index is 337. The number of rotatable bonds is 1. The van der Waals surface area contributed by atoms with Crippen LogP contribution in [-0.2, 0) is 6.42 Å². The van der Waals surface area contributed by atoms with Gasteiger partial charge in [-0.25, -0.2) is 0 Å². The molecular formula is C11H10O. The Kier molecular flexibility index (Phi) is 1.78. The number of benzene rings is 1. The number of hydrogen-bond donors (Lipinski definition) is 0. The predicted molar refractivity (Wildman–Crippen MR) is 49.2 cm³/mol. The van der Waals surface area contributed by atoms with Crippen molar-refractivity contribution >= 4 is 12.4 Å². The molecule has 0 aromatic heterocycles. The minimum atomic E-state index is 0.844. The van der Waals surface area contributed by atoms with Crippen LogP contribution < -0.4 is 0 Å². The van der Waals surface area contributed by atoms with Crippen LogP contribution in [0.1, 0.15) is 27.9 Å². The molecule has 0 saturated carbocycles. The van der Waals surface area contributed by atoms with Gasteiger partial charge in [-0.2, -0.15) is 0 Å². The molecule has 0 fully saturated rings. The van der Waals surface area contributed by atoms with Crippen LogP contribution in [0, 0.1) is 0 Å². The number of hydrogen-bond acceptors (Lipinski definition) is 1. The van der Waals surface area contributed by atoms with Crippen molar-refractivity contribution in [2.24, 2.45) is 0 Å². The molecule has 1 aliphatic rings. The van der Waals surface area contributed by atoms with Crippen LogP contribution in [0.4, 0.5) is 0 Å². The standard InChI is InChI=1S/C11H10O/c12-8-10-6-3-5-9-4-1-2-7-11(9)10/h1,3-6,8H,2,7H2. The summed E-state index contributed by atoms with van der Waals surface area (Å²) < 4.78 is 0. The first-order chi connectivity index (χ1) is 5.92. The lowest BCUT2D eigenvalue weighted by atomic mass is 9.93. The third-order valence-corrected chi connectivity index (χ3v) is 2.23. The second-order valence-corrected chi connectivity index (χ2v) is 2.97. The van der Waals surface area contributed by atoms with Crippen molar-refractivity contribution in [1.29, 1.82) is 0 Å². The molecule has 0 saturated heterocycles. The van der Waals surface area contributed by atoms with E-state index in [2.05, 4.69) is 18.2 Å². The smallest absolute Gasteiger partial charge is 0.150 e. The number of fused-ring (bicyclic) bond motifs is 1. The zero-order chi connectivity index (χ0) is 8.39. The largest absolute Gasteiger partial charge is 0.298 e. The van der Waals surface area contributed by atoms with Gasteiger partial charge < -0.3 is 0 Å². The highest BCUT2D eigenvalue weighted by molar-refractivity contribution is 5.80. The van der Waals surface area contributed by atoms with Crippen molar-refractivity contribution in [2.75, 3.05) is 0 Å². The minimum Gasteiger partial charge on any atom is -0.298 e. The van der Waals surface area contributed by atoms with Gasteiger partial charge in [-0.05, 0) is 24.0 Å². The topological polar surface area (TPSA) is 17.1 Å². The first-order valence-electron chi connectivity index (χ1n) is 4.15. The molecule has 1 heteroatoms. The van der Waals surface area contributed by atoms with Crippen molar-refractivity contribution in [3.05, 3.63) is 41.0 Å². The monoisotopic (exact) mass is 158 g/mol. The molecule has 60 valence electrons. The van der Waals surface area contributed by atoms with Crippen molar-refractivity contribution in [3.63, 3.8) is 0 Å². The Labute approximate surface area is 71.7 Å². The molecule has 12 heavy (non-hydrogen) atoms. The summed E-state index contributed by atoms with van der Waals surface area (Å²) in [7, 11) is 0. The average Bonchev–Trinajstić information content (AvgIpc) is 2.17. The lowest BCUT2D eigenvalue weighted by Crippen LogP contribution is -1.98. The maximum atomic E-state index is 10.7. The van der Waals surface area contributed by atoms with Gasteiger partial charge in [0, 0.05) is 5.56 Å². The van der Waals surface area contributed by atoms with Crippen molar-refractivity contribution in [1.82, 2.24) is 0 Å². The van der Waals surface area contributed by atoms with E-state index in [0.29, 0.717) is 0 Å². The Hall–Kier alpha value is -1.37. The molecule has 0 spiro atoms. The maximum absolute atomic E-state index is 10.7. The summed E-state index contributed by atoms with van der Waals surface area (Å²) in [6.45, 7) is 0. The predicted octanol–water partition coefficient (Wildman–Crippen LogP) is 2.46. The maximum Gasteiger partial charge on any atom is 0.150 e. The number of allylic oxidation sites excluding steroid dienone is 1. The van der Waals surface area contributed by atoms with Crippen LogP contribution >= 0.6 is 0 Å². The molecule has 0 bridgehead atoms. The van der Waals surface area contributed by atoms with E-state index in [1.54, 1.807) is 0 Å². The van der Waals surface area contributed by atoms with Crippen LogP contribution in [0.25, 0.3) is 6.08 Å². The molecule has 0 unspecified atom stereocenters. The molecule has 0 aliphatic heterocycles. The third kappa shape index (κ3) is 1.07. The van der Waals surface area contributed by atoms with Gasteiger partial charge in [-0.3, -0.25) is 4.79 Å². The molecule has 1 nitrogen and oxygen atoms in total. The number of carbonyl (C=O) groups excluding carboxylic acids is 1. The van der Waals surface area contributed by atoms with Crippen LogP contribution in [-0.4, -0.2) is 6.29 Å². The number of carbonyl (C=O) groups is 1. The second kappa shape index (κ2) is 2.94. The quantitative estimate of drug-likeness (QED) is 0.574. The van der Waals surface area contributed by atoms with Gasteiger partial charge in [-0.15, -0.1) is 0 Å². The first kappa shape index (κ1) is 7.29. The van der Waals surface area contributed by atoms with E-state index in [4.69, 9.17) is 0 Å². The highest BCUT2D eigenvalue weighted by Gasteiger charge is 2.07. The molecule has 1 aromatic carbocycles. The van der Waals surface area contributed by atoms with E-state index in [1.165, 1.54) is 11.1 Å². The number of aldehydes is 1. The summed E-state index contributed by atoms with van der Waals surface area (Å²) in [6, 6.07) is 5.86. The normalized spacial score (nSPS) is 14.0. The van der Waals surface area contributed by atoms with Crippen LogP contribution in [0.15, 0.2) is 24.3 Å². The van der Waals surface area contributed by atoms with Crippen molar-refractivity contribution in [2.45, 2.75) is 12.8 Å². The average molecular weight is 158 g/mol. The van der Waals surface area contributed by atoms with E-state index < -0.39 is 0 Å². The highest BCUT2D eigenvalue weighted by Crippen LogP contribution is 2.21. The summed E-state index contributed by atoms with van der Waals surface area (Å²) in [5.41, 5.74) is 3.25. The fraction of sp³-hybridized carbons (Fsp3) is 0.182. The molecule has 1 aliphatic carbocycles. The van der Waals surface area contributed by atoms with E-state index in [9.17, 15) is 4.79 Å². The lowest BCUT2D eigenvalue weighted by molar-refractivity contribution is 0.112.